The molecule has 0 unspecified atom stereocenters. The van der Waals surface area contributed by atoms with E-state index < -0.39 is 11.0 Å². The van der Waals surface area contributed by atoms with Gasteiger partial charge in [0.05, 0.1) is 7.11 Å². The Labute approximate surface area is 194 Å². The summed E-state index contributed by atoms with van der Waals surface area (Å²) < 4.78 is 5.48. The molecule has 4 heteroatoms. The molecule has 1 aliphatic heterocycles. The Balaban J connectivity index is 1.58. The minimum atomic E-state index is -1.25. The summed E-state index contributed by atoms with van der Waals surface area (Å²) in [7, 11) is 1.46. The third-order valence-corrected chi connectivity index (χ3v) is 8.66. The summed E-state index contributed by atoms with van der Waals surface area (Å²) >= 11 is 0. The Morgan fingerprint density at radius 1 is 0.939 bits per heavy atom. The van der Waals surface area contributed by atoms with Gasteiger partial charge in [0, 0.05) is 31.0 Å². The van der Waals surface area contributed by atoms with Crippen molar-refractivity contribution in [3.63, 3.8) is 0 Å². The molecule has 1 saturated carbocycles. The highest BCUT2D eigenvalue weighted by molar-refractivity contribution is 5.83. The fraction of sp³-hybridized carbons (Fsp3) is 0.345. The second-order valence-electron chi connectivity index (χ2n) is 9.91. The van der Waals surface area contributed by atoms with Gasteiger partial charge in [-0.2, -0.15) is 0 Å². The standard InChI is InChI=1S/C29H29NO3/c1-33-26(31)28-20-30(18-21-10-4-2-5-11-21)19-25(28)27(22-12-6-3-7-13-22)16-17-29(28,32)24-15-9-8-14-23(24)27/h2-15,25,32H,16-20H2,1H3/t25-,27-,28-,29+/m1/s1. The molecule has 3 aliphatic carbocycles. The highest BCUT2D eigenvalue weighted by Crippen LogP contribution is 2.70. The van der Waals surface area contributed by atoms with E-state index in [4.69, 9.17) is 4.74 Å². The maximum atomic E-state index is 13.7. The van der Waals surface area contributed by atoms with Crippen LogP contribution in [0.2, 0.25) is 0 Å². The lowest BCUT2D eigenvalue weighted by atomic mass is 9.40. The van der Waals surface area contributed by atoms with Crippen molar-refractivity contribution in [3.05, 3.63) is 107 Å². The number of carbonyl (C=O) groups is 1. The van der Waals surface area contributed by atoms with E-state index in [0.717, 1.165) is 30.6 Å². The van der Waals surface area contributed by atoms with E-state index in [-0.39, 0.29) is 17.3 Å². The summed E-state index contributed by atoms with van der Waals surface area (Å²) in [5.74, 6) is -0.378. The van der Waals surface area contributed by atoms with Crippen LogP contribution in [0.3, 0.4) is 0 Å². The monoisotopic (exact) mass is 439 g/mol. The van der Waals surface area contributed by atoms with Crippen LogP contribution >= 0.6 is 0 Å². The number of rotatable bonds is 4. The van der Waals surface area contributed by atoms with E-state index in [1.54, 1.807) is 0 Å². The minimum Gasteiger partial charge on any atom is -0.468 e. The molecule has 168 valence electrons. The molecule has 33 heavy (non-hydrogen) atoms. The number of aliphatic hydroxyl groups is 1. The summed E-state index contributed by atoms with van der Waals surface area (Å²) in [6.45, 7) is 1.96. The van der Waals surface area contributed by atoms with E-state index in [2.05, 4.69) is 53.4 Å². The van der Waals surface area contributed by atoms with Crippen LogP contribution in [-0.4, -0.2) is 36.2 Å². The highest BCUT2D eigenvalue weighted by Gasteiger charge is 2.76. The summed E-state index contributed by atoms with van der Waals surface area (Å²) in [5, 5.41) is 12.4. The largest absolute Gasteiger partial charge is 0.468 e. The fourth-order valence-corrected chi connectivity index (χ4v) is 7.40. The van der Waals surface area contributed by atoms with Crippen molar-refractivity contribution in [3.8, 4) is 0 Å². The number of benzene rings is 3. The Bertz CT molecular complexity index is 1200. The van der Waals surface area contributed by atoms with E-state index in [1.807, 2.05) is 36.4 Å². The van der Waals surface area contributed by atoms with Gasteiger partial charge < -0.3 is 9.84 Å². The van der Waals surface area contributed by atoms with Crippen molar-refractivity contribution in [2.45, 2.75) is 30.4 Å². The topological polar surface area (TPSA) is 49.8 Å². The zero-order chi connectivity index (χ0) is 22.7. The number of likely N-dealkylation sites (tertiary alicyclic amines) is 1. The van der Waals surface area contributed by atoms with Crippen molar-refractivity contribution < 1.29 is 14.6 Å². The lowest BCUT2D eigenvalue weighted by Gasteiger charge is -2.63. The van der Waals surface area contributed by atoms with E-state index in [1.165, 1.54) is 18.2 Å². The third-order valence-electron chi connectivity index (χ3n) is 8.66. The zero-order valence-corrected chi connectivity index (χ0v) is 18.9. The van der Waals surface area contributed by atoms with Crippen LogP contribution in [0.25, 0.3) is 0 Å². The molecule has 4 atom stereocenters. The zero-order valence-electron chi connectivity index (χ0n) is 18.9. The highest BCUT2D eigenvalue weighted by atomic mass is 16.5. The molecule has 7 rings (SSSR count). The molecule has 4 nitrogen and oxygen atoms in total. The maximum Gasteiger partial charge on any atom is 0.316 e. The van der Waals surface area contributed by atoms with Crippen molar-refractivity contribution in [1.82, 2.24) is 4.90 Å². The lowest BCUT2D eigenvalue weighted by molar-refractivity contribution is -0.202. The van der Waals surface area contributed by atoms with Gasteiger partial charge >= 0.3 is 5.97 Å². The fourth-order valence-electron chi connectivity index (χ4n) is 7.40. The molecular weight excluding hydrogens is 410 g/mol. The second-order valence-corrected chi connectivity index (χ2v) is 9.91. The Morgan fingerprint density at radius 2 is 1.58 bits per heavy atom. The number of methoxy groups -OCH3 is 1. The first kappa shape index (κ1) is 20.6. The van der Waals surface area contributed by atoms with Gasteiger partial charge in [0.2, 0.25) is 0 Å². The van der Waals surface area contributed by atoms with Crippen molar-refractivity contribution in [2.24, 2.45) is 11.3 Å². The third kappa shape index (κ3) is 2.56. The molecule has 0 aromatic heterocycles. The van der Waals surface area contributed by atoms with Gasteiger partial charge in [-0.05, 0) is 35.1 Å². The molecule has 1 heterocycles. The van der Waals surface area contributed by atoms with Crippen molar-refractivity contribution in [1.29, 1.82) is 0 Å². The number of hydrogen-bond acceptors (Lipinski definition) is 4. The van der Waals surface area contributed by atoms with Gasteiger partial charge in [0.25, 0.3) is 0 Å². The predicted molar refractivity (Wildman–Crippen MR) is 126 cm³/mol. The number of esters is 1. The summed E-state index contributed by atoms with van der Waals surface area (Å²) in [4.78, 5) is 16.1. The Hall–Kier alpha value is -2.95. The van der Waals surface area contributed by atoms with Crippen LogP contribution in [0.4, 0.5) is 0 Å². The molecule has 2 fully saturated rings. The van der Waals surface area contributed by atoms with Gasteiger partial charge in [0.1, 0.15) is 11.0 Å². The first-order valence-corrected chi connectivity index (χ1v) is 11.8. The lowest BCUT2D eigenvalue weighted by Crippen LogP contribution is -2.68. The molecule has 4 aliphatic rings. The first-order valence-electron chi connectivity index (χ1n) is 11.8. The predicted octanol–water partition coefficient (Wildman–Crippen LogP) is 4.26. The summed E-state index contributed by atoms with van der Waals surface area (Å²) in [6.07, 6.45) is 1.36. The molecule has 0 amide bonds. The van der Waals surface area contributed by atoms with Gasteiger partial charge in [-0.3, -0.25) is 9.69 Å². The van der Waals surface area contributed by atoms with Crippen LogP contribution in [0, 0.1) is 11.3 Å². The van der Waals surface area contributed by atoms with Gasteiger partial charge in [-0.15, -0.1) is 0 Å². The molecule has 2 bridgehead atoms. The first-order chi connectivity index (χ1) is 16.1. The van der Waals surface area contributed by atoms with Gasteiger partial charge in [0.15, 0.2) is 0 Å². The van der Waals surface area contributed by atoms with Crippen molar-refractivity contribution in [2.75, 3.05) is 20.2 Å². The maximum absolute atomic E-state index is 13.7. The average Bonchev–Trinajstić information content (AvgIpc) is 3.27. The van der Waals surface area contributed by atoms with Crippen molar-refractivity contribution >= 4 is 5.97 Å². The minimum absolute atomic E-state index is 0.0859. The van der Waals surface area contributed by atoms with Gasteiger partial charge in [-0.1, -0.05) is 84.9 Å². The Kier molecular flexibility index (Phi) is 4.55. The SMILES string of the molecule is COC(=O)[C@@]12CN(Cc3ccccc3)C[C@@H]1[C@@]1(c3ccccc3)CC[C@]2(O)c2ccccc21. The number of ether oxygens (including phenoxy) is 1. The van der Waals surface area contributed by atoms with Gasteiger partial charge in [-0.25, -0.2) is 0 Å². The van der Waals surface area contributed by atoms with E-state index >= 15 is 0 Å². The quantitative estimate of drug-likeness (QED) is 0.617. The molecule has 0 radical (unpaired) electrons. The van der Waals surface area contributed by atoms with E-state index in [0.29, 0.717) is 13.0 Å². The Morgan fingerprint density at radius 3 is 2.27 bits per heavy atom. The number of hydrogen-bond donors (Lipinski definition) is 1. The van der Waals surface area contributed by atoms with Crippen LogP contribution in [0.5, 0.6) is 0 Å². The smallest absolute Gasteiger partial charge is 0.316 e. The summed E-state index contributed by atoms with van der Waals surface area (Å²) in [5.41, 5.74) is 1.88. The normalized spacial score (nSPS) is 32.2. The van der Waals surface area contributed by atoms with E-state index in [9.17, 15) is 9.90 Å². The number of fused-ring (bicyclic) bond motifs is 1. The van der Waals surface area contributed by atoms with Crippen LogP contribution in [0.15, 0.2) is 84.9 Å². The molecule has 3 aromatic rings. The summed E-state index contributed by atoms with van der Waals surface area (Å²) in [6, 6.07) is 29.2. The van der Waals surface area contributed by atoms with Crippen LogP contribution in [0.1, 0.15) is 35.1 Å². The molecule has 1 saturated heterocycles. The molecule has 3 aromatic carbocycles. The number of carbonyl (C=O) groups excluding carboxylic acids is 1. The number of nitrogens with zero attached hydrogens (tertiary/aromatic N) is 1. The average molecular weight is 440 g/mol. The second kappa shape index (κ2) is 7.28. The van der Waals surface area contributed by atoms with Crippen LogP contribution < -0.4 is 0 Å². The van der Waals surface area contributed by atoms with Crippen LogP contribution in [-0.2, 0) is 27.1 Å². The molecular formula is C29H29NO3. The molecule has 1 N–H and O–H groups in total. The molecule has 0 spiro atoms.